The summed E-state index contributed by atoms with van der Waals surface area (Å²) in [6, 6.07) is 4.59. The number of aromatic nitrogens is 3. The van der Waals surface area contributed by atoms with E-state index in [2.05, 4.69) is 10.3 Å². The molecule has 0 N–H and O–H groups in total. The maximum Gasteiger partial charge on any atom is 0.278 e. The Hall–Kier alpha value is -2.57. The van der Waals surface area contributed by atoms with Crippen molar-refractivity contribution in [1.82, 2.24) is 19.9 Å². The van der Waals surface area contributed by atoms with Gasteiger partial charge in [-0.3, -0.25) is 19.3 Å². The topological polar surface area (TPSA) is 85.2 Å². The molecule has 0 bridgehead atoms. The smallest absolute Gasteiger partial charge is 0.278 e. The molecule has 1 unspecified atom stereocenters. The molecule has 1 aliphatic carbocycles. The molecule has 24 heavy (non-hydrogen) atoms. The molecule has 1 atom stereocenters. The number of hydrogen-bond donors (Lipinski definition) is 0. The number of carbonyl (C=O) groups excluding carboxylic acids is 2. The molecular weight excluding hydrogens is 308 g/mol. The molecule has 2 aliphatic rings. The van der Waals surface area contributed by atoms with Crippen LogP contribution < -0.4 is 5.56 Å². The zero-order valence-corrected chi connectivity index (χ0v) is 13.4. The van der Waals surface area contributed by atoms with Gasteiger partial charge in [-0.1, -0.05) is 17.3 Å². The van der Waals surface area contributed by atoms with Gasteiger partial charge in [-0.15, -0.1) is 5.10 Å². The van der Waals surface area contributed by atoms with Gasteiger partial charge in [0.15, 0.2) is 0 Å². The first-order valence-electron chi connectivity index (χ1n) is 8.28. The van der Waals surface area contributed by atoms with Crippen LogP contribution in [-0.2, 0) is 9.59 Å². The molecule has 2 fully saturated rings. The van der Waals surface area contributed by atoms with Crippen LogP contribution in [0.5, 0.6) is 0 Å². The molecule has 1 aromatic carbocycles. The van der Waals surface area contributed by atoms with Crippen LogP contribution in [0.2, 0.25) is 0 Å². The lowest BCUT2D eigenvalue weighted by Crippen LogP contribution is -2.54. The van der Waals surface area contributed by atoms with E-state index in [-0.39, 0.29) is 29.8 Å². The minimum absolute atomic E-state index is 0.0147. The monoisotopic (exact) mass is 326 g/mol. The maximum absolute atomic E-state index is 12.8. The molecule has 2 aromatic rings. The van der Waals surface area contributed by atoms with Gasteiger partial charge in [0.05, 0.1) is 5.39 Å². The number of fused-ring (bicyclic) bond motifs is 1. The number of hydrogen-bond acceptors (Lipinski definition) is 5. The van der Waals surface area contributed by atoms with E-state index in [1.807, 2.05) is 13.0 Å². The molecule has 7 nitrogen and oxygen atoms in total. The Balaban J connectivity index is 1.77. The van der Waals surface area contributed by atoms with Crippen molar-refractivity contribution in [3.05, 3.63) is 34.1 Å². The number of piperidine rings is 1. The van der Waals surface area contributed by atoms with Crippen LogP contribution in [-0.4, -0.2) is 37.7 Å². The number of benzene rings is 1. The van der Waals surface area contributed by atoms with Gasteiger partial charge in [0.1, 0.15) is 11.6 Å². The summed E-state index contributed by atoms with van der Waals surface area (Å²) in [6.07, 6.45) is 3.28. The molecule has 0 spiro atoms. The third kappa shape index (κ3) is 2.15. The minimum Gasteiger partial charge on any atom is -0.278 e. The van der Waals surface area contributed by atoms with Gasteiger partial charge in [-0.05, 0) is 44.2 Å². The van der Waals surface area contributed by atoms with E-state index in [1.54, 1.807) is 12.1 Å². The second kappa shape index (κ2) is 5.51. The van der Waals surface area contributed by atoms with E-state index in [1.165, 1.54) is 4.90 Å². The molecule has 0 radical (unpaired) electrons. The van der Waals surface area contributed by atoms with E-state index in [9.17, 15) is 14.4 Å². The van der Waals surface area contributed by atoms with E-state index >= 15 is 0 Å². The number of amides is 2. The molecule has 4 rings (SSSR count). The van der Waals surface area contributed by atoms with Crippen molar-refractivity contribution in [3.8, 4) is 0 Å². The highest BCUT2D eigenvalue weighted by Gasteiger charge is 2.42. The van der Waals surface area contributed by atoms with Gasteiger partial charge < -0.3 is 0 Å². The van der Waals surface area contributed by atoms with Crippen LogP contribution in [0.25, 0.3) is 10.9 Å². The Labute approximate surface area is 138 Å². The average Bonchev–Trinajstić information content (AvgIpc) is 2.52. The van der Waals surface area contributed by atoms with Crippen molar-refractivity contribution < 1.29 is 9.59 Å². The van der Waals surface area contributed by atoms with Gasteiger partial charge >= 0.3 is 0 Å². The summed E-state index contributed by atoms with van der Waals surface area (Å²) >= 11 is 0. The molecule has 124 valence electrons. The summed E-state index contributed by atoms with van der Waals surface area (Å²) in [7, 11) is 0. The van der Waals surface area contributed by atoms with Crippen molar-refractivity contribution in [1.29, 1.82) is 0 Å². The fourth-order valence-electron chi connectivity index (χ4n) is 3.47. The van der Waals surface area contributed by atoms with E-state index in [0.717, 1.165) is 29.5 Å². The predicted molar refractivity (Wildman–Crippen MR) is 86.3 cm³/mol. The molecular formula is C17H18N4O3. The first-order chi connectivity index (χ1) is 11.6. The fraction of sp³-hybridized carbons (Fsp3) is 0.471. The van der Waals surface area contributed by atoms with Gasteiger partial charge in [0.2, 0.25) is 5.91 Å². The normalized spacial score (nSPS) is 22.0. The van der Waals surface area contributed by atoms with Crippen LogP contribution in [0.1, 0.15) is 43.7 Å². The molecule has 2 heterocycles. The van der Waals surface area contributed by atoms with Crippen LogP contribution in [0.15, 0.2) is 23.0 Å². The third-order valence-corrected chi connectivity index (χ3v) is 5.08. The van der Waals surface area contributed by atoms with Crippen LogP contribution >= 0.6 is 0 Å². The van der Waals surface area contributed by atoms with E-state index < -0.39 is 6.04 Å². The molecule has 1 saturated heterocycles. The summed E-state index contributed by atoms with van der Waals surface area (Å²) in [5.41, 5.74) is 1.09. The SMILES string of the molecule is Cc1cccc2c(=O)n(C3CCC(=O)N(C4CCC4)C3=O)nnc12. The van der Waals surface area contributed by atoms with Crippen molar-refractivity contribution >= 4 is 22.7 Å². The number of nitrogens with zero attached hydrogens (tertiary/aromatic N) is 4. The highest BCUT2D eigenvalue weighted by atomic mass is 16.2. The molecule has 1 aromatic heterocycles. The third-order valence-electron chi connectivity index (χ3n) is 5.08. The quantitative estimate of drug-likeness (QED) is 0.778. The van der Waals surface area contributed by atoms with Crippen LogP contribution in [0, 0.1) is 6.92 Å². The molecule has 1 saturated carbocycles. The number of carbonyl (C=O) groups is 2. The van der Waals surface area contributed by atoms with Gasteiger partial charge in [-0.2, -0.15) is 4.68 Å². The van der Waals surface area contributed by atoms with Crippen LogP contribution in [0.4, 0.5) is 0 Å². The fourth-order valence-corrected chi connectivity index (χ4v) is 3.47. The Morgan fingerprint density at radius 2 is 1.92 bits per heavy atom. The first kappa shape index (κ1) is 15.0. The van der Waals surface area contributed by atoms with Crippen molar-refractivity contribution in [2.75, 3.05) is 0 Å². The summed E-state index contributed by atoms with van der Waals surface area (Å²) in [4.78, 5) is 39.1. The second-order valence-electron chi connectivity index (χ2n) is 6.55. The van der Waals surface area contributed by atoms with Crippen LogP contribution in [0.3, 0.4) is 0 Å². The largest absolute Gasteiger partial charge is 0.278 e. The van der Waals surface area contributed by atoms with Crippen molar-refractivity contribution in [2.45, 2.75) is 51.1 Å². The molecule has 2 amide bonds. The second-order valence-corrected chi connectivity index (χ2v) is 6.55. The number of likely N-dealkylation sites (tertiary alicyclic amines) is 1. The lowest BCUT2D eigenvalue weighted by atomic mass is 9.89. The summed E-state index contributed by atoms with van der Waals surface area (Å²) in [5, 5.41) is 8.58. The predicted octanol–water partition coefficient (Wildman–Crippen LogP) is 1.34. The Morgan fingerprint density at radius 3 is 2.62 bits per heavy atom. The molecule has 1 aliphatic heterocycles. The van der Waals surface area contributed by atoms with Gasteiger partial charge in [0, 0.05) is 12.5 Å². The first-order valence-corrected chi connectivity index (χ1v) is 8.28. The average molecular weight is 326 g/mol. The molecule has 7 heteroatoms. The maximum atomic E-state index is 12.8. The zero-order chi connectivity index (χ0) is 16.8. The lowest BCUT2D eigenvalue weighted by Gasteiger charge is -2.40. The van der Waals surface area contributed by atoms with Gasteiger partial charge in [-0.25, -0.2) is 0 Å². The van der Waals surface area contributed by atoms with E-state index in [4.69, 9.17) is 0 Å². The number of aryl methyl sites for hydroxylation is 1. The van der Waals surface area contributed by atoms with Crippen molar-refractivity contribution in [3.63, 3.8) is 0 Å². The summed E-state index contributed by atoms with van der Waals surface area (Å²) < 4.78 is 1.15. The van der Waals surface area contributed by atoms with Gasteiger partial charge in [0.25, 0.3) is 11.5 Å². The number of rotatable bonds is 2. The summed E-state index contributed by atoms with van der Waals surface area (Å²) in [5.74, 6) is -0.460. The Morgan fingerprint density at radius 1 is 1.12 bits per heavy atom. The standard InChI is InChI=1S/C17H18N4O3/c1-10-4-2-7-12-15(10)18-19-21(16(12)23)13-8-9-14(22)20(17(13)24)11-5-3-6-11/h2,4,7,11,13H,3,5-6,8-9H2,1H3. The minimum atomic E-state index is -0.742. The zero-order valence-electron chi connectivity index (χ0n) is 13.4. The number of imide groups is 1. The Bertz CT molecular complexity index is 900. The highest BCUT2D eigenvalue weighted by Crippen LogP contribution is 2.32. The van der Waals surface area contributed by atoms with Crippen molar-refractivity contribution in [2.24, 2.45) is 0 Å². The Kier molecular flexibility index (Phi) is 3.44. The summed E-state index contributed by atoms with van der Waals surface area (Å²) in [6.45, 7) is 1.86. The lowest BCUT2D eigenvalue weighted by molar-refractivity contribution is -0.156. The van der Waals surface area contributed by atoms with E-state index in [0.29, 0.717) is 17.3 Å². The highest BCUT2D eigenvalue weighted by molar-refractivity contribution is 6.00.